The van der Waals surface area contributed by atoms with Gasteiger partial charge in [0.2, 0.25) is 0 Å². The molecule has 1 aromatic heterocycles. The van der Waals surface area contributed by atoms with Gasteiger partial charge in [0.15, 0.2) is 0 Å². The highest BCUT2D eigenvalue weighted by atomic mass is 79.9. The minimum absolute atomic E-state index is 0.775. The molecule has 0 N–H and O–H groups in total. The van der Waals surface area contributed by atoms with Crippen molar-refractivity contribution >= 4 is 39.5 Å². The van der Waals surface area contributed by atoms with Crippen molar-refractivity contribution < 1.29 is 0 Å². The summed E-state index contributed by atoms with van der Waals surface area (Å²) < 4.78 is 3.32. The van der Waals surface area contributed by atoms with Crippen molar-refractivity contribution in [2.75, 3.05) is 0 Å². The van der Waals surface area contributed by atoms with E-state index in [0.29, 0.717) is 0 Å². The quantitative estimate of drug-likeness (QED) is 0.746. The Hall–Kier alpha value is -0.410. The third-order valence-electron chi connectivity index (χ3n) is 2.30. The Kier molecular flexibility index (Phi) is 2.39. The van der Waals surface area contributed by atoms with Gasteiger partial charge in [0, 0.05) is 33.9 Å². The lowest BCUT2D eigenvalue weighted by Crippen LogP contribution is -1.91. The van der Waals surface area contributed by atoms with Crippen LogP contribution in [0.25, 0.3) is 10.9 Å². The van der Waals surface area contributed by atoms with Crippen molar-refractivity contribution in [1.82, 2.24) is 4.57 Å². The van der Waals surface area contributed by atoms with Crippen LogP contribution >= 0.6 is 28.6 Å². The summed E-state index contributed by atoms with van der Waals surface area (Å²) in [4.78, 5) is 0. The Labute approximate surface area is 91.3 Å². The van der Waals surface area contributed by atoms with E-state index in [-0.39, 0.29) is 0 Å². The monoisotopic (exact) mass is 255 g/mol. The molecule has 0 saturated carbocycles. The molecule has 68 valence electrons. The number of halogens is 1. The highest BCUT2D eigenvalue weighted by Gasteiger charge is 2.05. The molecule has 1 heterocycles. The fourth-order valence-electron chi connectivity index (χ4n) is 1.53. The Balaban J connectivity index is 2.83. The van der Waals surface area contributed by atoms with Gasteiger partial charge in [-0.1, -0.05) is 22.0 Å². The summed E-state index contributed by atoms with van der Waals surface area (Å²) in [6, 6.07) is 8.40. The van der Waals surface area contributed by atoms with E-state index in [0.717, 1.165) is 10.2 Å². The summed E-state index contributed by atoms with van der Waals surface area (Å²) in [7, 11) is 2.07. The fourth-order valence-corrected chi connectivity index (χ4v) is 2.30. The minimum Gasteiger partial charge on any atom is -0.347 e. The zero-order valence-corrected chi connectivity index (χ0v) is 9.77. The van der Waals surface area contributed by atoms with Crippen molar-refractivity contribution in [1.29, 1.82) is 0 Å². The summed E-state index contributed by atoms with van der Waals surface area (Å²) >= 11 is 7.82. The number of thiol groups is 1. The van der Waals surface area contributed by atoms with Gasteiger partial charge in [0.05, 0.1) is 0 Å². The van der Waals surface area contributed by atoms with E-state index >= 15 is 0 Å². The van der Waals surface area contributed by atoms with E-state index in [4.69, 9.17) is 0 Å². The normalized spacial score (nSPS) is 11.0. The van der Waals surface area contributed by atoms with Crippen molar-refractivity contribution in [3.05, 3.63) is 34.4 Å². The highest BCUT2D eigenvalue weighted by molar-refractivity contribution is 9.10. The average molecular weight is 256 g/mol. The Morgan fingerprint density at radius 2 is 2.23 bits per heavy atom. The first-order chi connectivity index (χ1) is 6.24. The molecule has 0 bridgehead atoms. The SMILES string of the molecule is Cn1c(CS)cc2c(Br)cccc21. The van der Waals surface area contributed by atoms with Crippen LogP contribution in [-0.4, -0.2) is 4.57 Å². The Morgan fingerprint density at radius 1 is 1.46 bits per heavy atom. The van der Waals surface area contributed by atoms with Gasteiger partial charge in [-0.3, -0.25) is 0 Å². The molecule has 0 aliphatic rings. The van der Waals surface area contributed by atoms with Crippen LogP contribution in [-0.2, 0) is 12.8 Å². The zero-order chi connectivity index (χ0) is 9.42. The smallest absolute Gasteiger partial charge is 0.0491 e. The summed E-state index contributed by atoms with van der Waals surface area (Å²) in [5, 5.41) is 1.26. The molecule has 0 amide bonds. The summed E-state index contributed by atoms with van der Waals surface area (Å²) in [6.45, 7) is 0. The van der Waals surface area contributed by atoms with E-state index in [1.807, 2.05) is 0 Å². The molecule has 2 rings (SSSR count). The predicted molar refractivity (Wildman–Crippen MR) is 63.3 cm³/mol. The Bertz CT molecular complexity index is 447. The van der Waals surface area contributed by atoms with Gasteiger partial charge in [-0.05, 0) is 18.2 Å². The van der Waals surface area contributed by atoms with Crippen molar-refractivity contribution in [3.63, 3.8) is 0 Å². The molecule has 0 unspecified atom stereocenters. The molecule has 0 aliphatic carbocycles. The number of hydrogen-bond acceptors (Lipinski definition) is 1. The van der Waals surface area contributed by atoms with E-state index in [1.165, 1.54) is 16.6 Å². The van der Waals surface area contributed by atoms with Gasteiger partial charge >= 0.3 is 0 Å². The van der Waals surface area contributed by atoms with Crippen LogP contribution in [0.3, 0.4) is 0 Å². The molecular formula is C10H10BrNS. The second-order valence-corrected chi connectivity index (χ2v) is 4.20. The molecule has 1 nitrogen and oxygen atoms in total. The third-order valence-corrected chi connectivity index (χ3v) is 3.31. The summed E-state index contributed by atoms with van der Waals surface area (Å²) in [6.07, 6.45) is 0. The average Bonchev–Trinajstić information content (AvgIpc) is 2.45. The maximum atomic E-state index is 4.29. The molecule has 0 spiro atoms. The number of rotatable bonds is 1. The number of aromatic nitrogens is 1. The summed E-state index contributed by atoms with van der Waals surface area (Å²) in [5.41, 5.74) is 2.49. The minimum atomic E-state index is 0.775. The van der Waals surface area contributed by atoms with E-state index < -0.39 is 0 Å². The molecule has 0 fully saturated rings. The molecule has 0 saturated heterocycles. The van der Waals surface area contributed by atoms with Crippen LogP contribution in [0.5, 0.6) is 0 Å². The summed E-state index contributed by atoms with van der Waals surface area (Å²) in [5.74, 6) is 0.775. The molecule has 1 aromatic carbocycles. The van der Waals surface area contributed by atoms with Crippen LogP contribution in [0.2, 0.25) is 0 Å². The molecule has 0 atom stereocenters. The number of nitrogens with zero attached hydrogens (tertiary/aromatic N) is 1. The maximum Gasteiger partial charge on any atom is 0.0491 e. The maximum absolute atomic E-state index is 4.29. The van der Waals surface area contributed by atoms with Crippen LogP contribution in [0.4, 0.5) is 0 Å². The second-order valence-electron chi connectivity index (χ2n) is 3.03. The largest absolute Gasteiger partial charge is 0.347 e. The van der Waals surface area contributed by atoms with Crippen LogP contribution in [0.1, 0.15) is 5.69 Å². The lowest BCUT2D eigenvalue weighted by Gasteiger charge is -1.99. The van der Waals surface area contributed by atoms with Crippen molar-refractivity contribution in [2.24, 2.45) is 7.05 Å². The van der Waals surface area contributed by atoms with E-state index in [9.17, 15) is 0 Å². The van der Waals surface area contributed by atoms with Gasteiger partial charge in [0.1, 0.15) is 0 Å². The Morgan fingerprint density at radius 3 is 2.85 bits per heavy atom. The first kappa shape index (κ1) is 9.16. The topological polar surface area (TPSA) is 4.93 Å². The van der Waals surface area contributed by atoms with E-state index in [1.54, 1.807) is 0 Å². The molecular weight excluding hydrogens is 246 g/mol. The van der Waals surface area contributed by atoms with Crippen LogP contribution in [0.15, 0.2) is 28.7 Å². The van der Waals surface area contributed by atoms with E-state index in [2.05, 4.69) is 64.4 Å². The van der Waals surface area contributed by atoms with Crippen LogP contribution in [0, 0.1) is 0 Å². The number of hydrogen-bond donors (Lipinski definition) is 1. The third kappa shape index (κ3) is 1.40. The van der Waals surface area contributed by atoms with Crippen molar-refractivity contribution in [3.8, 4) is 0 Å². The first-order valence-corrected chi connectivity index (χ1v) is 5.50. The first-order valence-electron chi connectivity index (χ1n) is 4.07. The molecule has 3 heteroatoms. The molecule has 2 aromatic rings. The molecule has 0 radical (unpaired) electrons. The highest BCUT2D eigenvalue weighted by Crippen LogP contribution is 2.26. The number of aryl methyl sites for hydroxylation is 1. The number of benzene rings is 1. The van der Waals surface area contributed by atoms with Gasteiger partial charge < -0.3 is 4.57 Å². The van der Waals surface area contributed by atoms with Crippen molar-refractivity contribution in [2.45, 2.75) is 5.75 Å². The predicted octanol–water partition coefficient (Wildman–Crippen LogP) is 3.37. The van der Waals surface area contributed by atoms with Gasteiger partial charge in [0.25, 0.3) is 0 Å². The fraction of sp³-hybridized carbons (Fsp3) is 0.200. The van der Waals surface area contributed by atoms with Crippen LogP contribution < -0.4 is 0 Å². The molecule has 0 aliphatic heterocycles. The van der Waals surface area contributed by atoms with Gasteiger partial charge in [-0.2, -0.15) is 12.6 Å². The standard InChI is InChI=1S/C10H10BrNS/c1-12-7(6-13)5-8-9(11)3-2-4-10(8)12/h2-5,13H,6H2,1H3. The second kappa shape index (κ2) is 3.39. The van der Waals surface area contributed by atoms with Gasteiger partial charge in [-0.15, -0.1) is 0 Å². The zero-order valence-electron chi connectivity index (χ0n) is 7.29. The van der Waals surface area contributed by atoms with Gasteiger partial charge in [-0.25, -0.2) is 0 Å². The lowest BCUT2D eigenvalue weighted by molar-refractivity contribution is 0.911. The molecule has 13 heavy (non-hydrogen) atoms. The number of fused-ring (bicyclic) bond motifs is 1. The lowest BCUT2D eigenvalue weighted by atomic mass is 10.2.